The van der Waals surface area contributed by atoms with Gasteiger partial charge in [-0.05, 0) is 26.5 Å². The highest BCUT2D eigenvalue weighted by Crippen LogP contribution is 2.13. The second-order valence-corrected chi connectivity index (χ2v) is 5.30. The van der Waals surface area contributed by atoms with E-state index in [-0.39, 0.29) is 0 Å². The molecular formula is C15H24N2O. The normalized spacial score (nSPS) is 22.9. The van der Waals surface area contributed by atoms with Crippen LogP contribution in [0.3, 0.4) is 0 Å². The third-order valence-electron chi connectivity index (χ3n) is 3.57. The highest BCUT2D eigenvalue weighted by atomic mass is 16.5. The summed E-state index contributed by atoms with van der Waals surface area (Å²) >= 11 is 0. The van der Waals surface area contributed by atoms with Crippen molar-refractivity contribution in [1.82, 2.24) is 10.2 Å². The molecule has 100 valence electrons. The van der Waals surface area contributed by atoms with Crippen LogP contribution in [0.15, 0.2) is 24.3 Å². The summed E-state index contributed by atoms with van der Waals surface area (Å²) in [4.78, 5) is 2.33. The van der Waals surface area contributed by atoms with Gasteiger partial charge in [0.2, 0.25) is 0 Å². The number of ether oxygens (including phenoxy) is 1. The predicted octanol–water partition coefficient (Wildman–Crippen LogP) is 1.98. The summed E-state index contributed by atoms with van der Waals surface area (Å²) in [7, 11) is 2.15. The summed E-state index contributed by atoms with van der Waals surface area (Å²) in [6, 6.07) is 9.10. The number of nitrogens with zero attached hydrogens (tertiary/aromatic N) is 1. The molecule has 0 radical (unpaired) electrons. The van der Waals surface area contributed by atoms with Crippen molar-refractivity contribution in [2.45, 2.75) is 26.0 Å². The molecule has 0 amide bonds. The van der Waals surface area contributed by atoms with E-state index in [1.807, 2.05) is 0 Å². The number of rotatable bonds is 4. The van der Waals surface area contributed by atoms with Crippen molar-refractivity contribution < 1.29 is 4.74 Å². The smallest absolute Gasteiger partial charge is 0.0826 e. The number of aryl methyl sites for hydroxylation is 1. The average Bonchev–Trinajstić information content (AvgIpc) is 2.37. The van der Waals surface area contributed by atoms with E-state index >= 15 is 0 Å². The first-order chi connectivity index (χ1) is 8.65. The lowest BCUT2D eigenvalue weighted by Gasteiger charge is -2.31. The minimum atomic E-state index is 0.316. The van der Waals surface area contributed by atoms with Crippen LogP contribution >= 0.6 is 0 Å². The summed E-state index contributed by atoms with van der Waals surface area (Å²) in [5.41, 5.74) is 2.65. The zero-order valence-corrected chi connectivity index (χ0v) is 11.6. The fraction of sp³-hybridized carbons (Fsp3) is 0.600. The van der Waals surface area contributed by atoms with Gasteiger partial charge < -0.3 is 15.0 Å². The molecule has 1 aliphatic heterocycles. The zero-order valence-electron chi connectivity index (χ0n) is 11.6. The minimum Gasteiger partial charge on any atom is -0.374 e. The number of morpholine rings is 1. The van der Waals surface area contributed by atoms with Gasteiger partial charge in [0.1, 0.15) is 0 Å². The third kappa shape index (κ3) is 3.80. The second kappa shape index (κ2) is 6.32. The van der Waals surface area contributed by atoms with Gasteiger partial charge >= 0.3 is 0 Å². The lowest BCUT2D eigenvalue weighted by molar-refractivity contribution is -0.0190. The molecule has 1 N–H and O–H groups in total. The monoisotopic (exact) mass is 248 g/mol. The Morgan fingerprint density at radius 2 is 2.11 bits per heavy atom. The number of hydrogen-bond donors (Lipinski definition) is 1. The van der Waals surface area contributed by atoms with Crippen LogP contribution in [0, 0.1) is 6.92 Å². The lowest BCUT2D eigenvalue weighted by Crippen LogP contribution is -2.45. The van der Waals surface area contributed by atoms with Crippen LogP contribution in [-0.2, 0) is 4.74 Å². The van der Waals surface area contributed by atoms with E-state index in [1.54, 1.807) is 0 Å². The Hall–Kier alpha value is -0.900. The topological polar surface area (TPSA) is 24.5 Å². The van der Waals surface area contributed by atoms with Crippen LogP contribution in [0.1, 0.15) is 24.1 Å². The molecule has 0 saturated carbocycles. The van der Waals surface area contributed by atoms with Gasteiger partial charge in [-0.15, -0.1) is 0 Å². The van der Waals surface area contributed by atoms with Crippen molar-refractivity contribution in [3.05, 3.63) is 35.4 Å². The summed E-state index contributed by atoms with van der Waals surface area (Å²) < 4.78 is 5.75. The average molecular weight is 248 g/mol. The van der Waals surface area contributed by atoms with Gasteiger partial charge in [-0.3, -0.25) is 0 Å². The van der Waals surface area contributed by atoms with E-state index in [4.69, 9.17) is 4.74 Å². The van der Waals surface area contributed by atoms with E-state index in [0.29, 0.717) is 12.1 Å². The van der Waals surface area contributed by atoms with E-state index < -0.39 is 0 Å². The Bertz CT molecular complexity index is 363. The van der Waals surface area contributed by atoms with E-state index in [0.717, 1.165) is 26.2 Å². The SMILES string of the molecule is Cc1ccc(C(C)NCC2CN(C)CCO2)cc1. The van der Waals surface area contributed by atoms with Crippen molar-refractivity contribution in [2.75, 3.05) is 33.3 Å². The van der Waals surface area contributed by atoms with Crippen molar-refractivity contribution in [3.8, 4) is 0 Å². The molecule has 1 aromatic carbocycles. The molecule has 0 aromatic heterocycles. The minimum absolute atomic E-state index is 0.316. The Kier molecular flexibility index (Phi) is 4.75. The van der Waals surface area contributed by atoms with Gasteiger partial charge in [-0.1, -0.05) is 29.8 Å². The van der Waals surface area contributed by atoms with Crippen molar-refractivity contribution in [2.24, 2.45) is 0 Å². The van der Waals surface area contributed by atoms with Crippen LogP contribution in [0.5, 0.6) is 0 Å². The number of hydrogen-bond acceptors (Lipinski definition) is 3. The molecule has 1 saturated heterocycles. The zero-order chi connectivity index (χ0) is 13.0. The largest absolute Gasteiger partial charge is 0.374 e. The first kappa shape index (κ1) is 13.5. The Labute approximate surface area is 110 Å². The second-order valence-electron chi connectivity index (χ2n) is 5.30. The van der Waals surface area contributed by atoms with Crippen molar-refractivity contribution in [3.63, 3.8) is 0 Å². The molecule has 1 heterocycles. The van der Waals surface area contributed by atoms with Gasteiger partial charge in [0.25, 0.3) is 0 Å². The molecule has 0 bridgehead atoms. The van der Waals surface area contributed by atoms with Crippen molar-refractivity contribution in [1.29, 1.82) is 0 Å². The molecule has 2 unspecified atom stereocenters. The highest BCUT2D eigenvalue weighted by Gasteiger charge is 2.18. The molecule has 18 heavy (non-hydrogen) atoms. The summed E-state index contributed by atoms with van der Waals surface area (Å²) in [5.74, 6) is 0. The van der Waals surface area contributed by atoms with Gasteiger partial charge in [0.05, 0.1) is 12.7 Å². The lowest BCUT2D eigenvalue weighted by atomic mass is 10.1. The quantitative estimate of drug-likeness (QED) is 0.882. The summed E-state index contributed by atoms with van der Waals surface area (Å²) in [5, 5.41) is 3.56. The fourth-order valence-electron chi connectivity index (χ4n) is 2.27. The Morgan fingerprint density at radius 3 is 2.78 bits per heavy atom. The molecular weight excluding hydrogens is 224 g/mol. The number of nitrogens with one attached hydrogen (secondary N) is 1. The Balaban J connectivity index is 1.80. The first-order valence-corrected chi connectivity index (χ1v) is 6.75. The highest BCUT2D eigenvalue weighted by molar-refractivity contribution is 5.23. The molecule has 2 atom stereocenters. The van der Waals surface area contributed by atoms with E-state index in [2.05, 4.69) is 55.4 Å². The van der Waals surface area contributed by atoms with Crippen LogP contribution in [-0.4, -0.2) is 44.3 Å². The van der Waals surface area contributed by atoms with Crippen LogP contribution in [0.25, 0.3) is 0 Å². The van der Waals surface area contributed by atoms with Crippen molar-refractivity contribution >= 4 is 0 Å². The maximum Gasteiger partial charge on any atom is 0.0826 e. The van der Waals surface area contributed by atoms with Gasteiger partial charge in [-0.25, -0.2) is 0 Å². The van der Waals surface area contributed by atoms with Gasteiger partial charge in [-0.2, -0.15) is 0 Å². The fourth-order valence-corrected chi connectivity index (χ4v) is 2.27. The molecule has 0 aliphatic carbocycles. The molecule has 0 spiro atoms. The Morgan fingerprint density at radius 1 is 1.39 bits per heavy atom. The predicted molar refractivity (Wildman–Crippen MR) is 74.8 cm³/mol. The molecule has 2 rings (SSSR count). The third-order valence-corrected chi connectivity index (χ3v) is 3.57. The molecule has 1 aliphatic rings. The molecule has 1 fully saturated rings. The summed E-state index contributed by atoms with van der Waals surface area (Å²) in [6.07, 6.45) is 0.316. The van der Waals surface area contributed by atoms with Gasteiger partial charge in [0.15, 0.2) is 0 Å². The summed E-state index contributed by atoms with van der Waals surface area (Å²) in [6.45, 7) is 8.16. The maximum atomic E-state index is 5.75. The van der Waals surface area contributed by atoms with Crippen LogP contribution in [0.4, 0.5) is 0 Å². The molecule has 3 nitrogen and oxygen atoms in total. The first-order valence-electron chi connectivity index (χ1n) is 6.75. The van der Waals surface area contributed by atoms with E-state index in [9.17, 15) is 0 Å². The van der Waals surface area contributed by atoms with E-state index in [1.165, 1.54) is 11.1 Å². The maximum absolute atomic E-state index is 5.75. The number of benzene rings is 1. The number of likely N-dealkylation sites (N-methyl/N-ethyl adjacent to an activating group) is 1. The van der Waals surface area contributed by atoms with Gasteiger partial charge in [0, 0.05) is 25.7 Å². The molecule has 1 aromatic rings. The molecule has 3 heteroatoms. The van der Waals surface area contributed by atoms with Crippen LogP contribution < -0.4 is 5.32 Å². The van der Waals surface area contributed by atoms with Crippen LogP contribution in [0.2, 0.25) is 0 Å². The standard InChI is InChI=1S/C15H24N2O/c1-12-4-6-14(7-5-12)13(2)16-10-15-11-17(3)8-9-18-15/h4-7,13,15-16H,8-11H2,1-3H3.